The molecular weight excluding hydrogens is 472 g/mol. The van der Waals surface area contributed by atoms with Crippen LogP contribution in [0.5, 0.6) is 0 Å². The number of benzene rings is 3. The van der Waals surface area contributed by atoms with Crippen LogP contribution < -0.4 is 10.2 Å². The molecule has 1 N–H and O–H groups in total. The molecule has 198 valence electrons. The van der Waals surface area contributed by atoms with E-state index < -0.39 is 11.7 Å². The lowest BCUT2D eigenvalue weighted by Gasteiger charge is -2.28. The minimum Gasteiger partial charge on any atom is -0.443 e. The number of hydrogen-bond acceptors (Lipinski definition) is 5. The molecule has 6 nitrogen and oxygen atoms in total. The largest absolute Gasteiger partial charge is 0.443 e. The lowest BCUT2D eigenvalue weighted by molar-refractivity contribution is 0.0575. The first-order valence-corrected chi connectivity index (χ1v) is 13.3. The molecule has 1 amide bonds. The maximum atomic E-state index is 13.2. The normalized spacial score (nSPS) is 11.5. The molecule has 4 rings (SSSR count). The number of carbonyl (C=O) groups is 1. The summed E-state index contributed by atoms with van der Waals surface area (Å²) in [6.07, 6.45) is 1.14. The average molecular weight is 511 g/mol. The summed E-state index contributed by atoms with van der Waals surface area (Å²) < 4.78 is 5.75. The fourth-order valence-electron chi connectivity index (χ4n) is 4.32. The van der Waals surface area contributed by atoms with Gasteiger partial charge in [0.05, 0.1) is 0 Å². The zero-order chi connectivity index (χ0) is 27.1. The molecule has 0 saturated heterocycles. The Morgan fingerprint density at radius 2 is 1.63 bits per heavy atom. The maximum absolute atomic E-state index is 13.2. The van der Waals surface area contributed by atoms with Gasteiger partial charge in [0.2, 0.25) is 5.95 Å². The molecule has 0 saturated carbocycles. The Morgan fingerprint density at radius 1 is 0.921 bits per heavy atom. The summed E-state index contributed by atoms with van der Waals surface area (Å²) >= 11 is 0. The maximum Gasteiger partial charge on any atom is 0.416 e. The lowest BCUT2D eigenvalue weighted by Crippen LogP contribution is -2.39. The van der Waals surface area contributed by atoms with Crippen LogP contribution in [0.25, 0.3) is 10.8 Å². The van der Waals surface area contributed by atoms with Gasteiger partial charge in [-0.1, -0.05) is 86.6 Å². The van der Waals surface area contributed by atoms with Gasteiger partial charge in [0.1, 0.15) is 11.4 Å². The van der Waals surface area contributed by atoms with Crippen LogP contribution in [0.15, 0.2) is 78.9 Å². The van der Waals surface area contributed by atoms with Crippen molar-refractivity contribution in [2.45, 2.75) is 59.6 Å². The number of nitrogens with one attached hydrogen (secondary N) is 1. The molecule has 38 heavy (non-hydrogen) atoms. The molecule has 0 aliphatic rings. The molecule has 0 aliphatic heterocycles. The van der Waals surface area contributed by atoms with Gasteiger partial charge < -0.3 is 10.1 Å². The zero-order valence-electron chi connectivity index (χ0n) is 23.1. The summed E-state index contributed by atoms with van der Waals surface area (Å²) in [7, 11) is 0. The quantitative estimate of drug-likeness (QED) is 0.254. The third kappa shape index (κ3) is 7.54. The summed E-state index contributed by atoms with van der Waals surface area (Å²) in [5.41, 5.74) is 2.67. The van der Waals surface area contributed by atoms with E-state index in [1.165, 1.54) is 16.3 Å². The van der Waals surface area contributed by atoms with Gasteiger partial charge in [-0.05, 0) is 61.4 Å². The highest BCUT2D eigenvalue weighted by Crippen LogP contribution is 2.24. The van der Waals surface area contributed by atoms with Gasteiger partial charge in [0.25, 0.3) is 0 Å². The number of hydrogen-bond donors (Lipinski definition) is 1. The van der Waals surface area contributed by atoms with Crippen molar-refractivity contribution in [3.05, 3.63) is 95.7 Å². The number of ether oxygens (including phenoxy) is 1. The second kappa shape index (κ2) is 12.1. The number of rotatable bonds is 9. The Hall–Kier alpha value is -3.93. The van der Waals surface area contributed by atoms with Crippen molar-refractivity contribution in [3.8, 4) is 0 Å². The molecule has 4 aromatic rings. The van der Waals surface area contributed by atoms with E-state index >= 15 is 0 Å². The van der Waals surface area contributed by atoms with Crippen molar-refractivity contribution < 1.29 is 9.53 Å². The SMILES string of the molecule is CC(C)CN(C(=O)OC(C)(C)C)c1cc(CCc2cccc3ccccc23)nc(NCc2ccccc2)n1. The Morgan fingerprint density at radius 3 is 2.37 bits per heavy atom. The summed E-state index contributed by atoms with van der Waals surface area (Å²) in [4.78, 5) is 24.5. The van der Waals surface area contributed by atoms with Crippen molar-refractivity contribution in [3.63, 3.8) is 0 Å². The highest BCUT2D eigenvalue weighted by Gasteiger charge is 2.26. The Kier molecular flexibility index (Phi) is 8.62. The smallest absolute Gasteiger partial charge is 0.416 e. The van der Waals surface area contributed by atoms with E-state index in [2.05, 4.69) is 73.8 Å². The number of anilines is 2. The van der Waals surface area contributed by atoms with Gasteiger partial charge in [-0.2, -0.15) is 4.98 Å². The predicted molar refractivity (Wildman–Crippen MR) is 156 cm³/mol. The highest BCUT2D eigenvalue weighted by atomic mass is 16.6. The standard InChI is InChI=1S/C32H38N4O2/c1-23(2)22-36(31(37)38-32(3,4)5)29-20-27(34-30(35-29)33-21-24-12-7-6-8-13-24)19-18-26-16-11-15-25-14-9-10-17-28(25)26/h6-17,20,23H,18-19,21-22H2,1-5H3,(H,33,34,35). The van der Waals surface area contributed by atoms with Crippen LogP contribution in [0, 0.1) is 5.92 Å². The van der Waals surface area contributed by atoms with Crippen LogP contribution in [0.3, 0.4) is 0 Å². The first kappa shape index (κ1) is 27.1. The van der Waals surface area contributed by atoms with Crippen molar-refractivity contribution >= 4 is 28.6 Å². The van der Waals surface area contributed by atoms with Gasteiger partial charge in [0, 0.05) is 24.8 Å². The molecule has 1 heterocycles. The van der Waals surface area contributed by atoms with E-state index in [0.29, 0.717) is 31.3 Å². The second-order valence-electron chi connectivity index (χ2n) is 11.0. The van der Waals surface area contributed by atoms with Crippen LogP contribution >= 0.6 is 0 Å². The zero-order valence-corrected chi connectivity index (χ0v) is 23.1. The number of nitrogens with zero attached hydrogens (tertiary/aromatic N) is 3. The number of aromatic nitrogens is 2. The van der Waals surface area contributed by atoms with Gasteiger partial charge in [-0.25, -0.2) is 9.78 Å². The topological polar surface area (TPSA) is 67.4 Å². The predicted octanol–water partition coefficient (Wildman–Crippen LogP) is 7.42. The van der Waals surface area contributed by atoms with Gasteiger partial charge in [-0.3, -0.25) is 4.90 Å². The summed E-state index contributed by atoms with van der Waals surface area (Å²) in [5, 5.41) is 5.84. The van der Waals surface area contributed by atoms with Crippen LogP contribution in [-0.2, 0) is 24.1 Å². The van der Waals surface area contributed by atoms with Crippen molar-refractivity contribution in [1.29, 1.82) is 0 Å². The number of aryl methyl sites for hydroxylation is 2. The molecule has 3 aromatic carbocycles. The molecular formula is C32H38N4O2. The summed E-state index contributed by atoms with van der Waals surface area (Å²) in [6.45, 7) is 10.9. The van der Waals surface area contributed by atoms with Gasteiger partial charge in [0.15, 0.2) is 0 Å². The van der Waals surface area contributed by atoms with Crippen LogP contribution in [0.1, 0.15) is 51.4 Å². The molecule has 1 aromatic heterocycles. The second-order valence-corrected chi connectivity index (χ2v) is 11.0. The van der Waals surface area contributed by atoms with E-state index in [1.807, 2.05) is 45.0 Å². The molecule has 0 radical (unpaired) electrons. The van der Waals surface area contributed by atoms with E-state index in [0.717, 1.165) is 17.7 Å². The molecule has 0 bridgehead atoms. The Labute approximate surface area is 226 Å². The number of amides is 1. The molecule has 0 aliphatic carbocycles. The Bertz CT molecular complexity index is 1360. The first-order valence-electron chi connectivity index (χ1n) is 13.3. The van der Waals surface area contributed by atoms with E-state index in [9.17, 15) is 4.79 Å². The van der Waals surface area contributed by atoms with Gasteiger partial charge >= 0.3 is 6.09 Å². The number of carbonyl (C=O) groups excluding carboxylic acids is 1. The third-order valence-corrected chi connectivity index (χ3v) is 6.03. The highest BCUT2D eigenvalue weighted by molar-refractivity contribution is 5.87. The monoisotopic (exact) mass is 510 g/mol. The fraction of sp³-hybridized carbons (Fsp3) is 0.344. The van der Waals surface area contributed by atoms with E-state index in [4.69, 9.17) is 14.7 Å². The van der Waals surface area contributed by atoms with Crippen LogP contribution in [-0.4, -0.2) is 28.2 Å². The van der Waals surface area contributed by atoms with Crippen molar-refractivity contribution in [2.24, 2.45) is 5.92 Å². The summed E-state index contributed by atoms with van der Waals surface area (Å²) in [5.74, 6) is 1.28. The molecule has 0 atom stereocenters. The van der Waals surface area contributed by atoms with E-state index in [1.54, 1.807) is 4.90 Å². The van der Waals surface area contributed by atoms with Crippen molar-refractivity contribution in [2.75, 3.05) is 16.8 Å². The minimum absolute atomic E-state index is 0.234. The fourth-order valence-corrected chi connectivity index (χ4v) is 4.32. The minimum atomic E-state index is -0.606. The molecule has 0 unspecified atom stereocenters. The lowest BCUT2D eigenvalue weighted by atomic mass is 10.00. The third-order valence-electron chi connectivity index (χ3n) is 6.03. The summed E-state index contributed by atoms with van der Waals surface area (Å²) in [6, 6.07) is 26.9. The van der Waals surface area contributed by atoms with Crippen LogP contribution in [0.2, 0.25) is 0 Å². The average Bonchev–Trinajstić information content (AvgIpc) is 2.88. The van der Waals surface area contributed by atoms with Gasteiger partial charge in [-0.15, -0.1) is 0 Å². The van der Waals surface area contributed by atoms with Crippen molar-refractivity contribution in [1.82, 2.24) is 9.97 Å². The molecule has 0 fully saturated rings. The molecule has 6 heteroatoms. The van der Waals surface area contributed by atoms with E-state index in [-0.39, 0.29) is 5.92 Å². The first-order chi connectivity index (χ1) is 18.2. The number of fused-ring (bicyclic) bond motifs is 1. The van der Waals surface area contributed by atoms with Crippen LogP contribution in [0.4, 0.5) is 16.6 Å². The Balaban J connectivity index is 1.65. The molecule has 0 spiro atoms.